The summed E-state index contributed by atoms with van der Waals surface area (Å²) in [5.74, 6) is 0.390. The van der Waals surface area contributed by atoms with Crippen molar-refractivity contribution in [2.75, 3.05) is 21.2 Å². The smallest absolute Gasteiger partial charge is 0.271 e. The first-order valence-corrected chi connectivity index (χ1v) is 7.88. The number of hydrogen-bond acceptors (Lipinski definition) is 4. The van der Waals surface area contributed by atoms with E-state index in [1.54, 1.807) is 52.5 Å². The maximum Gasteiger partial charge on any atom is 0.271 e. The summed E-state index contributed by atoms with van der Waals surface area (Å²) in [7, 11) is 4.91. The van der Waals surface area contributed by atoms with Gasteiger partial charge in [-0.1, -0.05) is 17.7 Å². The van der Waals surface area contributed by atoms with E-state index in [0.717, 1.165) is 16.7 Å². The Bertz CT molecular complexity index is 756. The highest BCUT2D eigenvalue weighted by Crippen LogP contribution is 2.41. The Hall–Kier alpha value is -2.11. The van der Waals surface area contributed by atoms with E-state index in [4.69, 9.17) is 16.3 Å². The minimum Gasteiger partial charge on any atom is -0.496 e. The minimum absolute atomic E-state index is 0.166. The van der Waals surface area contributed by atoms with Crippen molar-refractivity contribution in [3.8, 4) is 16.9 Å². The molecular weight excluding hydrogens is 328 g/mol. The van der Waals surface area contributed by atoms with E-state index in [1.165, 1.54) is 4.90 Å². The molecule has 1 unspecified atom stereocenters. The van der Waals surface area contributed by atoms with Crippen LogP contribution in [0.1, 0.15) is 34.6 Å². The highest BCUT2D eigenvalue weighted by atomic mass is 35.5. The maximum atomic E-state index is 12.0. The molecule has 0 saturated heterocycles. The first kappa shape index (κ1) is 18.2. The molecule has 0 spiro atoms. The Kier molecular flexibility index (Phi) is 5.47. The number of pyridine rings is 1. The van der Waals surface area contributed by atoms with E-state index in [1.807, 2.05) is 6.92 Å². The molecule has 6 heteroatoms. The first-order chi connectivity index (χ1) is 11.3. The molecule has 2 rings (SSSR count). The Morgan fingerprint density at radius 2 is 2.04 bits per heavy atom. The van der Waals surface area contributed by atoms with Crippen LogP contribution in [0.4, 0.5) is 0 Å². The van der Waals surface area contributed by atoms with E-state index in [-0.39, 0.29) is 5.91 Å². The Morgan fingerprint density at radius 3 is 2.50 bits per heavy atom. The van der Waals surface area contributed by atoms with Gasteiger partial charge in [-0.2, -0.15) is 0 Å². The molecule has 1 atom stereocenters. The fraction of sp³-hybridized carbons (Fsp3) is 0.333. The van der Waals surface area contributed by atoms with E-state index in [9.17, 15) is 9.90 Å². The molecule has 24 heavy (non-hydrogen) atoms. The number of rotatable bonds is 4. The van der Waals surface area contributed by atoms with Crippen LogP contribution >= 0.6 is 11.6 Å². The van der Waals surface area contributed by atoms with E-state index in [2.05, 4.69) is 4.98 Å². The van der Waals surface area contributed by atoms with Gasteiger partial charge in [-0.05, 0) is 31.5 Å². The number of aromatic nitrogens is 1. The van der Waals surface area contributed by atoms with E-state index < -0.39 is 6.10 Å². The fourth-order valence-electron chi connectivity index (χ4n) is 2.52. The summed E-state index contributed by atoms with van der Waals surface area (Å²) in [6, 6.07) is 5.18. The molecule has 1 N–H and O–H groups in total. The van der Waals surface area contributed by atoms with Crippen molar-refractivity contribution in [1.29, 1.82) is 0 Å². The van der Waals surface area contributed by atoms with Crippen molar-refractivity contribution in [1.82, 2.24) is 9.88 Å². The fourth-order valence-corrected chi connectivity index (χ4v) is 2.73. The van der Waals surface area contributed by atoms with Gasteiger partial charge in [0.15, 0.2) is 0 Å². The van der Waals surface area contributed by atoms with Gasteiger partial charge in [0.2, 0.25) is 0 Å². The number of aliphatic hydroxyl groups is 1. The van der Waals surface area contributed by atoms with Crippen molar-refractivity contribution in [2.45, 2.75) is 20.0 Å². The SMILES string of the molecule is COc1c(C(C)O)cc(Cl)c(C)c1-c1ccc(C(=O)N(C)C)nc1. The van der Waals surface area contributed by atoms with E-state index in [0.29, 0.717) is 22.0 Å². The second kappa shape index (κ2) is 7.20. The van der Waals surface area contributed by atoms with Crippen LogP contribution in [0.5, 0.6) is 5.75 Å². The minimum atomic E-state index is -0.723. The van der Waals surface area contributed by atoms with Crippen LogP contribution in [-0.2, 0) is 0 Å². The monoisotopic (exact) mass is 348 g/mol. The molecule has 5 nitrogen and oxygen atoms in total. The number of amides is 1. The predicted molar refractivity (Wildman–Crippen MR) is 94.6 cm³/mol. The predicted octanol–water partition coefficient (Wildman–Crippen LogP) is 3.47. The van der Waals surface area contributed by atoms with Crippen LogP contribution in [0.2, 0.25) is 5.02 Å². The van der Waals surface area contributed by atoms with Crippen molar-refractivity contribution in [3.63, 3.8) is 0 Å². The lowest BCUT2D eigenvalue weighted by molar-refractivity contribution is 0.0822. The molecule has 1 amide bonds. The summed E-state index contributed by atoms with van der Waals surface area (Å²) < 4.78 is 5.52. The van der Waals surface area contributed by atoms with Gasteiger partial charge in [0.1, 0.15) is 11.4 Å². The number of carbonyl (C=O) groups excluding carboxylic acids is 1. The van der Waals surface area contributed by atoms with Crippen LogP contribution in [-0.4, -0.2) is 42.1 Å². The molecule has 0 fully saturated rings. The van der Waals surface area contributed by atoms with Crippen LogP contribution < -0.4 is 4.74 Å². The van der Waals surface area contributed by atoms with Crippen molar-refractivity contribution in [3.05, 3.63) is 46.2 Å². The first-order valence-electron chi connectivity index (χ1n) is 7.51. The quantitative estimate of drug-likeness (QED) is 0.918. The molecule has 0 aliphatic heterocycles. The van der Waals surface area contributed by atoms with Crippen molar-refractivity contribution >= 4 is 17.5 Å². The van der Waals surface area contributed by atoms with Gasteiger partial charge in [-0.3, -0.25) is 9.78 Å². The summed E-state index contributed by atoms with van der Waals surface area (Å²) >= 11 is 6.32. The number of ether oxygens (including phenoxy) is 1. The number of methoxy groups -OCH3 is 1. The average Bonchev–Trinajstić information content (AvgIpc) is 2.55. The number of nitrogens with zero attached hydrogens (tertiary/aromatic N) is 2. The average molecular weight is 349 g/mol. The molecule has 0 radical (unpaired) electrons. The van der Waals surface area contributed by atoms with Crippen LogP contribution in [0.3, 0.4) is 0 Å². The van der Waals surface area contributed by atoms with Gasteiger partial charge in [-0.25, -0.2) is 0 Å². The molecule has 0 aliphatic carbocycles. The third kappa shape index (κ3) is 3.37. The van der Waals surface area contributed by atoms with Gasteiger partial charge >= 0.3 is 0 Å². The standard InChI is InChI=1S/C18H21ClN2O3/c1-10-14(19)8-13(11(2)22)17(24-5)16(10)12-6-7-15(20-9-12)18(23)21(3)4/h6-9,11,22H,1-5H3. The third-order valence-corrected chi connectivity index (χ3v) is 4.23. The molecule has 1 aromatic heterocycles. The summed E-state index contributed by atoms with van der Waals surface area (Å²) in [6.07, 6.45) is 0.892. The third-order valence-electron chi connectivity index (χ3n) is 3.84. The molecule has 1 heterocycles. The summed E-state index contributed by atoms with van der Waals surface area (Å²) in [4.78, 5) is 17.7. The summed E-state index contributed by atoms with van der Waals surface area (Å²) in [6.45, 7) is 3.54. The van der Waals surface area contributed by atoms with Crippen LogP contribution in [0.15, 0.2) is 24.4 Å². The van der Waals surface area contributed by atoms with E-state index >= 15 is 0 Å². The second-order valence-electron chi connectivity index (χ2n) is 5.79. The lowest BCUT2D eigenvalue weighted by atomic mass is 9.95. The molecular formula is C18H21ClN2O3. The lowest BCUT2D eigenvalue weighted by Crippen LogP contribution is -2.22. The molecule has 0 aliphatic rings. The molecule has 0 saturated carbocycles. The van der Waals surface area contributed by atoms with Crippen molar-refractivity contribution < 1.29 is 14.6 Å². The molecule has 1 aromatic carbocycles. The topological polar surface area (TPSA) is 62.7 Å². The molecule has 0 bridgehead atoms. The lowest BCUT2D eigenvalue weighted by Gasteiger charge is -2.19. The van der Waals surface area contributed by atoms with Crippen LogP contribution in [0, 0.1) is 6.92 Å². The van der Waals surface area contributed by atoms with Gasteiger partial charge < -0.3 is 14.7 Å². The number of benzene rings is 1. The Labute approximate surface area is 146 Å². The zero-order valence-corrected chi connectivity index (χ0v) is 15.2. The van der Waals surface area contributed by atoms with Crippen molar-refractivity contribution in [2.24, 2.45) is 0 Å². The van der Waals surface area contributed by atoms with Crippen LogP contribution in [0.25, 0.3) is 11.1 Å². The summed E-state index contributed by atoms with van der Waals surface area (Å²) in [5.41, 5.74) is 3.32. The second-order valence-corrected chi connectivity index (χ2v) is 6.20. The number of hydrogen-bond donors (Lipinski definition) is 1. The Morgan fingerprint density at radius 1 is 1.38 bits per heavy atom. The Balaban J connectivity index is 2.61. The number of halogens is 1. The highest BCUT2D eigenvalue weighted by Gasteiger charge is 2.20. The summed E-state index contributed by atoms with van der Waals surface area (Å²) in [5, 5.41) is 10.5. The molecule has 128 valence electrons. The normalized spacial score (nSPS) is 12.0. The molecule has 2 aromatic rings. The zero-order chi connectivity index (χ0) is 18.0. The highest BCUT2D eigenvalue weighted by molar-refractivity contribution is 6.32. The zero-order valence-electron chi connectivity index (χ0n) is 14.4. The number of aliphatic hydroxyl groups excluding tert-OH is 1. The van der Waals surface area contributed by atoms with Gasteiger partial charge in [0.05, 0.1) is 13.2 Å². The maximum absolute atomic E-state index is 12.0. The van der Waals surface area contributed by atoms with Gasteiger partial charge in [-0.15, -0.1) is 0 Å². The van der Waals surface area contributed by atoms with Gasteiger partial charge in [0, 0.05) is 42.0 Å². The largest absolute Gasteiger partial charge is 0.496 e. The van der Waals surface area contributed by atoms with Gasteiger partial charge in [0.25, 0.3) is 5.91 Å². The number of carbonyl (C=O) groups is 1.